The zero-order valence-electron chi connectivity index (χ0n) is 22.5. The lowest BCUT2D eigenvalue weighted by Gasteiger charge is -2.25. The largest absolute Gasteiger partial charge is 0.497 e. The topological polar surface area (TPSA) is 55.8 Å². The van der Waals surface area contributed by atoms with Crippen molar-refractivity contribution < 1.29 is 23.8 Å². The normalized spacial score (nSPS) is 18.6. The van der Waals surface area contributed by atoms with Crippen LogP contribution in [0.3, 0.4) is 0 Å². The number of hydrogen-bond acceptors (Lipinski definition) is 3. The highest BCUT2D eigenvalue weighted by Gasteiger charge is 2.32. The number of ether oxygens (including phenoxy) is 2. The Hall–Kier alpha value is -3.60. The third-order valence-corrected chi connectivity index (χ3v) is 8.32. The maximum atomic E-state index is 15.0. The van der Waals surface area contributed by atoms with Gasteiger partial charge in [-0.2, -0.15) is 0 Å². The summed E-state index contributed by atoms with van der Waals surface area (Å²) in [4.78, 5) is 11.6. The fourth-order valence-corrected chi connectivity index (χ4v) is 6.00. The van der Waals surface area contributed by atoms with Crippen LogP contribution in [0.4, 0.5) is 4.39 Å². The van der Waals surface area contributed by atoms with Crippen molar-refractivity contribution in [1.29, 1.82) is 0 Å². The second-order valence-corrected chi connectivity index (χ2v) is 11.2. The third kappa shape index (κ3) is 4.94. The zero-order chi connectivity index (χ0) is 27.0. The van der Waals surface area contributed by atoms with E-state index in [0.717, 1.165) is 53.7 Å². The highest BCUT2D eigenvalue weighted by molar-refractivity contribution is 5.85. The number of allylic oxidation sites excluding steroid dienone is 2. The van der Waals surface area contributed by atoms with E-state index in [1.807, 2.05) is 24.3 Å². The molecule has 0 saturated heterocycles. The van der Waals surface area contributed by atoms with Crippen molar-refractivity contribution in [1.82, 2.24) is 0 Å². The van der Waals surface area contributed by atoms with Gasteiger partial charge in [0.25, 0.3) is 0 Å². The molecule has 4 nitrogen and oxygen atoms in total. The summed E-state index contributed by atoms with van der Waals surface area (Å²) in [6.45, 7) is 6.61. The van der Waals surface area contributed by atoms with Crippen LogP contribution in [-0.4, -0.2) is 18.2 Å². The molecule has 0 heterocycles. The Kier molecular flexibility index (Phi) is 7.04. The van der Waals surface area contributed by atoms with Crippen molar-refractivity contribution in [3.8, 4) is 22.6 Å². The van der Waals surface area contributed by atoms with E-state index in [2.05, 4.69) is 32.1 Å². The average Bonchev–Trinajstić information content (AvgIpc) is 3.49. The molecular weight excluding hydrogens is 479 g/mol. The van der Waals surface area contributed by atoms with Gasteiger partial charge >= 0.3 is 5.97 Å². The van der Waals surface area contributed by atoms with Gasteiger partial charge in [-0.05, 0) is 107 Å². The molecule has 5 rings (SSSR count). The van der Waals surface area contributed by atoms with Crippen molar-refractivity contribution in [2.75, 3.05) is 7.11 Å². The van der Waals surface area contributed by atoms with Crippen LogP contribution in [-0.2, 0) is 17.8 Å². The van der Waals surface area contributed by atoms with Crippen LogP contribution in [0, 0.1) is 17.2 Å². The Balaban J connectivity index is 1.46. The molecule has 3 aromatic carbocycles. The first-order valence-electron chi connectivity index (χ1n) is 13.3. The number of halogens is 1. The van der Waals surface area contributed by atoms with Gasteiger partial charge in [-0.1, -0.05) is 45.0 Å². The Bertz CT molecular complexity index is 1400. The van der Waals surface area contributed by atoms with Crippen LogP contribution in [0.1, 0.15) is 68.2 Å². The van der Waals surface area contributed by atoms with Gasteiger partial charge in [0.05, 0.1) is 13.0 Å². The second kappa shape index (κ2) is 10.3. The summed E-state index contributed by atoms with van der Waals surface area (Å²) in [5, 5.41) is 9.53. The molecule has 0 spiro atoms. The van der Waals surface area contributed by atoms with E-state index in [1.165, 1.54) is 17.2 Å². The van der Waals surface area contributed by atoms with Gasteiger partial charge in [0.1, 0.15) is 23.9 Å². The maximum Gasteiger partial charge on any atom is 0.306 e. The molecule has 2 atom stereocenters. The van der Waals surface area contributed by atoms with E-state index in [-0.39, 0.29) is 17.2 Å². The number of aryl methyl sites for hydroxylation is 1. The molecule has 5 heteroatoms. The Morgan fingerprint density at radius 1 is 1.05 bits per heavy atom. The van der Waals surface area contributed by atoms with E-state index >= 15 is 4.39 Å². The fraction of sp³-hybridized carbons (Fsp3) is 0.364. The molecule has 38 heavy (non-hydrogen) atoms. The van der Waals surface area contributed by atoms with Crippen molar-refractivity contribution >= 4 is 11.5 Å². The van der Waals surface area contributed by atoms with Crippen LogP contribution < -0.4 is 9.47 Å². The van der Waals surface area contributed by atoms with Crippen molar-refractivity contribution in [2.45, 2.75) is 59.0 Å². The van der Waals surface area contributed by atoms with E-state index in [4.69, 9.17) is 9.47 Å². The molecule has 0 fully saturated rings. The first-order valence-corrected chi connectivity index (χ1v) is 13.3. The van der Waals surface area contributed by atoms with Crippen LogP contribution in [0.2, 0.25) is 0 Å². The fourth-order valence-electron chi connectivity index (χ4n) is 6.00. The number of carboxylic acid groups (broad SMARTS) is 1. The van der Waals surface area contributed by atoms with E-state index in [1.54, 1.807) is 26.2 Å². The van der Waals surface area contributed by atoms with Crippen LogP contribution in [0.25, 0.3) is 16.7 Å². The van der Waals surface area contributed by atoms with E-state index < -0.39 is 11.9 Å². The van der Waals surface area contributed by atoms with Crippen molar-refractivity contribution in [2.24, 2.45) is 11.3 Å². The molecule has 2 aliphatic carbocycles. The predicted molar refractivity (Wildman–Crippen MR) is 148 cm³/mol. The number of hydrogen-bond donors (Lipinski definition) is 1. The van der Waals surface area contributed by atoms with E-state index in [0.29, 0.717) is 17.9 Å². The van der Waals surface area contributed by atoms with Gasteiger partial charge in [0.15, 0.2) is 0 Å². The van der Waals surface area contributed by atoms with Gasteiger partial charge in [0, 0.05) is 5.56 Å². The minimum atomic E-state index is -0.765. The van der Waals surface area contributed by atoms with E-state index in [9.17, 15) is 9.90 Å². The number of fused-ring (bicyclic) bond motifs is 1. The molecule has 0 aliphatic heterocycles. The Morgan fingerprint density at radius 3 is 2.55 bits per heavy atom. The summed E-state index contributed by atoms with van der Waals surface area (Å²) < 4.78 is 26.6. The average molecular weight is 515 g/mol. The molecular formula is C33H35FO4. The summed E-state index contributed by atoms with van der Waals surface area (Å²) in [6, 6.07) is 17.0. The minimum Gasteiger partial charge on any atom is -0.497 e. The minimum absolute atomic E-state index is 0.00577. The molecule has 2 aliphatic rings. The highest BCUT2D eigenvalue weighted by Crippen LogP contribution is 2.47. The molecule has 0 amide bonds. The van der Waals surface area contributed by atoms with Gasteiger partial charge in [0.2, 0.25) is 0 Å². The number of carbonyl (C=O) groups is 1. The lowest BCUT2D eigenvalue weighted by molar-refractivity contribution is -0.141. The lowest BCUT2D eigenvalue weighted by Crippen LogP contribution is -2.17. The molecule has 0 aromatic heterocycles. The lowest BCUT2D eigenvalue weighted by atomic mass is 9.79. The first kappa shape index (κ1) is 26.0. The number of rotatable bonds is 8. The Labute approximate surface area is 224 Å². The number of benzene rings is 3. The van der Waals surface area contributed by atoms with Crippen molar-refractivity contribution in [3.63, 3.8) is 0 Å². The highest BCUT2D eigenvalue weighted by atomic mass is 19.1. The van der Waals surface area contributed by atoms with Gasteiger partial charge in [-0.15, -0.1) is 0 Å². The van der Waals surface area contributed by atoms with Gasteiger partial charge in [-0.3, -0.25) is 4.79 Å². The summed E-state index contributed by atoms with van der Waals surface area (Å²) >= 11 is 0. The zero-order valence-corrected chi connectivity index (χ0v) is 22.5. The molecule has 0 bridgehead atoms. The van der Waals surface area contributed by atoms with Crippen molar-refractivity contribution in [3.05, 3.63) is 88.7 Å². The summed E-state index contributed by atoms with van der Waals surface area (Å²) in [6.07, 6.45) is 6.06. The summed E-state index contributed by atoms with van der Waals surface area (Å²) in [5.74, 6) is -0.119. The van der Waals surface area contributed by atoms with Crippen LogP contribution in [0.15, 0.2) is 60.7 Å². The molecule has 198 valence electrons. The molecule has 3 aromatic rings. The predicted octanol–water partition coefficient (Wildman–Crippen LogP) is 8.03. The number of aliphatic carboxylic acids is 1. The standard InChI is InChI=1S/C33H35FO4/c1-20(32(35)36)25-13-9-22-8-10-24(18-27(22)25)38-19-21-7-12-26(29-17-23(37-4)11-14-31(29)34)28(16-21)30-6-5-15-33(30,2)3/h6-8,10-12,14,16-18,20,25H,5,9,13,15,19H2,1-4H3,(H,35,36)/t20-,25+/m0/s1. The molecule has 0 unspecified atom stereocenters. The third-order valence-electron chi connectivity index (χ3n) is 8.32. The summed E-state index contributed by atoms with van der Waals surface area (Å²) in [5.41, 5.74) is 6.87. The monoisotopic (exact) mass is 514 g/mol. The number of methoxy groups -OCH3 is 1. The summed E-state index contributed by atoms with van der Waals surface area (Å²) in [7, 11) is 1.59. The molecule has 1 N–H and O–H groups in total. The van der Waals surface area contributed by atoms with Gasteiger partial charge < -0.3 is 14.6 Å². The maximum absolute atomic E-state index is 15.0. The smallest absolute Gasteiger partial charge is 0.306 e. The van der Waals surface area contributed by atoms with Crippen LogP contribution >= 0.6 is 0 Å². The quantitative estimate of drug-likeness (QED) is 0.331. The SMILES string of the molecule is COc1ccc(F)c(-c2ccc(COc3ccc4c(c3)[C@@H]([C@H](C)C(=O)O)CC4)cc2C2=CCCC2(C)C)c1. The molecule has 0 radical (unpaired) electrons. The van der Waals surface area contributed by atoms with Crippen LogP contribution in [0.5, 0.6) is 11.5 Å². The second-order valence-electron chi connectivity index (χ2n) is 11.2. The molecule has 0 saturated carbocycles. The first-order chi connectivity index (χ1) is 18.2. The Morgan fingerprint density at radius 2 is 1.84 bits per heavy atom. The van der Waals surface area contributed by atoms with Gasteiger partial charge in [-0.25, -0.2) is 4.39 Å². The number of carboxylic acids is 1.